The molecule has 2 rings (SSSR count). The van der Waals surface area contributed by atoms with E-state index in [0.29, 0.717) is 6.61 Å². The summed E-state index contributed by atoms with van der Waals surface area (Å²) in [5, 5.41) is 10.4. The Bertz CT molecular complexity index is 384. The van der Waals surface area contributed by atoms with Crippen molar-refractivity contribution in [3.05, 3.63) is 24.3 Å². The second-order valence-electron chi connectivity index (χ2n) is 5.47. The summed E-state index contributed by atoms with van der Waals surface area (Å²) in [5.74, 6) is 0.834. The third-order valence-electron chi connectivity index (χ3n) is 3.63. The molecule has 0 aliphatic heterocycles. The molecule has 0 radical (unpaired) electrons. The Balaban J connectivity index is 1.95. The Hall–Kier alpha value is -1.22. The molecule has 0 bridgehead atoms. The van der Waals surface area contributed by atoms with Gasteiger partial charge < -0.3 is 14.7 Å². The van der Waals surface area contributed by atoms with Crippen LogP contribution in [0.2, 0.25) is 0 Å². The minimum absolute atomic E-state index is 0.407. The topological polar surface area (TPSA) is 32.7 Å². The van der Waals surface area contributed by atoms with Crippen LogP contribution in [0.1, 0.15) is 32.1 Å². The lowest BCUT2D eigenvalue weighted by Crippen LogP contribution is -2.37. The van der Waals surface area contributed by atoms with Crippen LogP contribution in [0.5, 0.6) is 5.75 Å². The lowest BCUT2D eigenvalue weighted by Gasteiger charge is -2.31. The molecule has 18 heavy (non-hydrogen) atoms. The van der Waals surface area contributed by atoms with E-state index in [4.69, 9.17) is 4.74 Å². The molecule has 0 saturated heterocycles. The maximum Gasteiger partial charge on any atom is 0.121 e. The summed E-state index contributed by atoms with van der Waals surface area (Å²) in [4.78, 5) is 2.04. The van der Waals surface area contributed by atoms with Gasteiger partial charge in [0.1, 0.15) is 12.4 Å². The number of nitrogens with zero attached hydrogens (tertiary/aromatic N) is 1. The quantitative estimate of drug-likeness (QED) is 0.890. The Morgan fingerprint density at radius 1 is 1.22 bits per heavy atom. The summed E-state index contributed by atoms with van der Waals surface area (Å²) in [6.07, 6.45) is 5.17. The van der Waals surface area contributed by atoms with E-state index < -0.39 is 5.60 Å². The Kier molecular flexibility index (Phi) is 4.12. The molecule has 1 N–H and O–H groups in total. The SMILES string of the molecule is CN(C)c1cccc(OCC2(O)CCCCC2)c1. The van der Waals surface area contributed by atoms with Gasteiger partial charge in [0.05, 0.1) is 5.60 Å². The molecule has 0 aromatic heterocycles. The van der Waals surface area contributed by atoms with Gasteiger partial charge in [-0.2, -0.15) is 0 Å². The van der Waals surface area contributed by atoms with Crippen molar-refractivity contribution in [1.29, 1.82) is 0 Å². The van der Waals surface area contributed by atoms with Crippen molar-refractivity contribution in [2.75, 3.05) is 25.6 Å². The van der Waals surface area contributed by atoms with E-state index in [0.717, 1.165) is 37.1 Å². The van der Waals surface area contributed by atoms with Crippen LogP contribution in [-0.4, -0.2) is 31.4 Å². The van der Waals surface area contributed by atoms with Crippen LogP contribution in [0.4, 0.5) is 5.69 Å². The first-order chi connectivity index (χ1) is 8.59. The number of aliphatic hydroxyl groups is 1. The smallest absolute Gasteiger partial charge is 0.121 e. The van der Waals surface area contributed by atoms with Gasteiger partial charge in [-0.1, -0.05) is 25.3 Å². The van der Waals surface area contributed by atoms with Gasteiger partial charge in [-0.25, -0.2) is 0 Å². The summed E-state index contributed by atoms with van der Waals surface area (Å²) in [6.45, 7) is 0.407. The highest BCUT2D eigenvalue weighted by Crippen LogP contribution is 2.29. The number of anilines is 1. The monoisotopic (exact) mass is 249 g/mol. The van der Waals surface area contributed by atoms with Crippen molar-refractivity contribution in [2.24, 2.45) is 0 Å². The highest BCUT2D eigenvalue weighted by Gasteiger charge is 2.29. The second kappa shape index (κ2) is 5.61. The first-order valence-corrected chi connectivity index (χ1v) is 6.72. The molecule has 3 nitrogen and oxygen atoms in total. The number of ether oxygens (including phenoxy) is 1. The Morgan fingerprint density at radius 2 is 1.94 bits per heavy atom. The molecule has 1 aromatic carbocycles. The lowest BCUT2D eigenvalue weighted by atomic mass is 9.85. The molecule has 0 amide bonds. The van der Waals surface area contributed by atoms with E-state index in [2.05, 4.69) is 0 Å². The zero-order chi connectivity index (χ0) is 13.0. The third-order valence-corrected chi connectivity index (χ3v) is 3.63. The molecule has 0 spiro atoms. The second-order valence-corrected chi connectivity index (χ2v) is 5.47. The van der Waals surface area contributed by atoms with Gasteiger partial charge in [0.25, 0.3) is 0 Å². The number of benzene rings is 1. The predicted molar refractivity (Wildman–Crippen MR) is 74.3 cm³/mol. The number of hydrogen-bond acceptors (Lipinski definition) is 3. The normalized spacial score (nSPS) is 18.4. The van der Waals surface area contributed by atoms with E-state index in [9.17, 15) is 5.11 Å². The summed E-state index contributed by atoms with van der Waals surface area (Å²) in [7, 11) is 4.02. The predicted octanol–water partition coefficient (Wildman–Crippen LogP) is 2.83. The molecule has 100 valence electrons. The van der Waals surface area contributed by atoms with Gasteiger partial charge in [-0.3, -0.25) is 0 Å². The van der Waals surface area contributed by atoms with Gasteiger partial charge >= 0.3 is 0 Å². The molecular formula is C15H23NO2. The minimum atomic E-state index is -0.619. The fourth-order valence-electron chi connectivity index (χ4n) is 2.42. The molecule has 1 fully saturated rings. The highest BCUT2D eigenvalue weighted by atomic mass is 16.5. The summed E-state index contributed by atoms with van der Waals surface area (Å²) >= 11 is 0. The molecule has 1 aromatic rings. The molecular weight excluding hydrogens is 226 g/mol. The maximum absolute atomic E-state index is 10.4. The van der Waals surface area contributed by atoms with Gasteiger partial charge in [0.15, 0.2) is 0 Å². The maximum atomic E-state index is 10.4. The van der Waals surface area contributed by atoms with Crippen LogP contribution in [0, 0.1) is 0 Å². The number of hydrogen-bond donors (Lipinski definition) is 1. The van der Waals surface area contributed by atoms with E-state index in [-0.39, 0.29) is 0 Å². The Labute approximate surface area is 109 Å². The largest absolute Gasteiger partial charge is 0.491 e. The van der Waals surface area contributed by atoms with Crippen molar-refractivity contribution >= 4 is 5.69 Å². The van der Waals surface area contributed by atoms with Crippen LogP contribution in [0.15, 0.2) is 24.3 Å². The van der Waals surface area contributed by atoms with E-state index in [1.54, 1.807) is 0 Å². The molecule has 1 aliphatic carbocycles. The fourth-order valence-corrected chi connectivity index (χ4v) is 2.42. The molecule has 3 heteroatoms. The zero-order valence-electron chi connectivity index (χ0n) is 11.4. The molecule has 1 aliphatic rings. The van der Waals surface area contributed by atoms with Crippen LogP contribution >= 0.6 is 0 Å². The van der Waals surface area contributed by atoms with E-state index in [1.807, 2.05) is 43.3 Å². The average Bonchev–Trinajstić information content (AvgIpc) is 2.38. The third kappa shape index (κ3) is 3.39. The standard InChI is InChI=1S/C15H23NO2/c1-16(2)13-7-6-8-14(11-13)18-12-15(17)9-4-3-5-10-15/h6-8,11,17H,3-5,9-10,12H2,1-2H3. The first-order valence-electron chi connectivity index (χ1n) is 6.72. The van der Waals surface area contributed by atoms with E-state index >= 15 is 0 Å². The lowest BCUT2D eigenvalue weighted by molar-refractivity contribution is -0.0338. The molecule has 0 atom stereocenters. The van der Waals surface area contributed by atoms with Crippen LogP contribution in [0.3, 0.4) is 0 Å². The molecule has 0 heterocycles. The highest BCUT2D eigenvalue weighted by molar-refractivity contribution is 5.49. The summed E-state index contributed by atoms with van der Waals surface area (Å²) in [6, 6.07) is 7.98. The average molecular weight is 249 g/mol. The van der Waals surface area contributed by atoms with Gasteiger partial charge in [0.2, 0.25) is 0 Å². The Morgan fingerprint density at radius 3 is 2.61 bits per heavy atom. The van der Waals surface area contributed by atoms with Gasteiger partial charge in [0, 0.05) is 25.8 Å². The summed E-state index contributed by atoms with van der Waals surface area (Å²) in [5.41, 5.74) is 0.495. The molecule has 1 saturated carbocycles. The van der Waals surface area contributed by atoms with Gasteiger partial charge in [-0.15, -0.1) is 0 Å². The fraction of sp³-hybridized carbons (Fsp3) is 0.600. The van der Waals surface area contributed by atoms with Crippen LogP contribution < -0.4 is 9.64 Å². The van der Waals surface area contributed by atoms with Gasteiger partial charge in [-0.05, 0) is 25.0 Å². The zero-order valence-corrected chi connectivity index (χ0v) is 11.4. The molecule has 0 unspecified atom stereocenters. The van der Waals surface area contributed by atoms with E-state index in [1.165, 1.54) is 6.42 Å². The van der Waals surface area contributed by atoms with Crippen LogP contribution in [-0.2, 0) is 0 Å². The van der Waals surface area contributed by atoms with Crippen molar-refractivity contribution < 1.29 is 9.84 Å². The van der Waals surface area contributed by atoms with Crippen molar-refractivity contribution in [1.82, 2.24) is 0 Å². The number of rotatable bonds is 4. The summed E-state index contributed by atoms with van der Waals surface area (Å²) < 4.78 is 5.76. The van der Waals surface area contributed by atoms with Crippen molar-refractivity contribution in [3.63, 3.8) is 0 Å². The minimum Gasteiger partial charge on any atom is -0.491 e. The van der Waals surface area contributed by atoms with Crippen molar-refractivity contribution in [3.8, 4) is 5.75 Å². The van der Waals surface area contributed by atoms with Crippen LogP contribution in [0.25, 0.3) is 0 Å². The first kappa shape index (κ1) is 13.2. The van der Waals surface area contributed by atoms with Crippen molar-refractivity contribution in [2.45, 2.75) is 37.7 Å².